The molecule has 0 aliphatic carbocycles. The zero-order valence-electron chi connectivity index (χ0n) is 11.8. The third-order valence-electron chi connectivity index (χ3n) is 3.87. The van der Waals surface area contributed by atoms with Gasteiger partial charge in [0, 0.05) is 25.8 Å². The highest BCUT2D eigenvalue weighted by atomic mass is 15.2. The summed E-state index contributed by atoms with van der Waals surface area (Å²) in [5.74, 6) is 4.63. The molecule has 3 heteroatoms. The van der Waals surface area contributed by atoms with E-state index in [0.717, 1.165) is 44.5 Å². The van der Waals surface area contributed by atoms with Gasteiger partial charge in [0.25, 0.3) is 0 Å². The molecule has 1 aromatic rings. The molecule has 1 aromatic heterocycles. The smallest absolute Gasteiger partial charge is 0.128 e. The molecule has 0 aromatic carbocycles. The van der Waals surface area contributed by atoms with Crippen LogP contribution in [0.15, 0.2) is 24.4 Å². The Labute approximate surface area is 116 Å². The molecule has 0 unspecified atom stereocenters. The number of anilines is 1. The largest absolute Gasteiger partial charge is 0.357 e. The summed E-state index contributed by atoms with van der Waals surface area (Å²) in [5, 5.41) is 0. The highest BCUT2D eigenvalue weighted by molar-refractivity contribution is 5.37. The Hall–Kier alpha value is -1.53. The van der Waals surface area contributed by atoms with E-state index in [4.69, 9.17) is 6.42 Å². The Morgan fingerprint density at radius 1 is 1.42 bits per heavy atom. The van der Waals surface area contributed by atoms with Gasteiger partial charge in [-0.25, -0.2) is 4.98 Å². The molecule has 1 aliphatic heterocycles. The zero-order chi connectivity index (χ0) is 13.5. The Kier molecular flexibility index (Phi) is 5.23. The highest BCUT2D eigenvalue weighted by Gasteiger charge is 2.21. The molecule has 0 radical (unpaired) electrons. The number of nitrogens with zero attached hydrogens (tertiary/aromatic N) is 3. The predicted octanol–water partition coefficient (Wildman–Crippen LogP) is 2.25. The number of pyridine rings is 1. The van der Waals surface area contributed by atoms with Gasteiger partial charge in [-0.15, -0.1) is 6.42 Å². The summed E-state index contributed by atoms with van der Waals surface area (Å²) in [6.07, 6.45) is 9.74. The SMILES string of the molecule is C#CCN(CC)CC1CCN(c2ccccn2)CC1. The lowest BCUT2D eigenvalue weighted by Crippen LogP contribution is -2.39. The number of piperidine rings is 1. The number of aromatic nitrogens is 1. The molecule has 1 aliphatic rings. The Bertz CT molecular complexity index is 402. The fourth-order valence-electron chi connectivity index (χ4n) is 2.69. The maximum atomic E-state index is 5.40. The van der Waals surface area contributed by atoms with E-state index >= 15 is 0 Å². The van der Waals surface area contributed by atoms with Gasteiger partial charge in [0.15, 0.2) is 0 Å². The average molecular weight is 257 g/mol. The minimum Gasteiger partial charge on any atom is -0.357 e. The summed E-state index contributed by atoms with van der Waals surface area (Å²) >= 11 is 0. The van der Waals surface area contributed by atoms with Crippen molar-refractivity contribution in [1.82, 2.24) is 9.88 Å². The van der Waals surface area contributed by atoms with Crippen LogP contribution in [0.25, 0.3) is 0 Å². The lowest BCUT2D eigenvalue weighted by molar-refractivity contribution is 0.241. The van der Waals surface area contributed by atoms with Crippen LogP contribution in [-0.2, 0) is 0 Å². The van der Waals surface area contributed by atoms with Crippen molar-refractivity contribution >= 4 is 5.82 Å². The molecule has 0 spiro atoms. The monoisotopic (exact) mass is 257 g/mol. The summed E-state index contributed by atoms with van der Waals surface area (Å²) in [6.45, 7) is 7.35. The lowest BCUT2D eigenvalue weighted by atomic mass is 9.96. The molecule has 2 rings (SSSR count). The van der Waals surface area contributed by atoms with Crippen LogP contribution in [0.2, 0.25) is 0 Å². The third-order valence-corrected chi connectivity index (χ3v) is 3.87. The van der Waals surface area contributed by atoms with Crippen LogP contribution in [0, 0.1) is 18.3 Å². The van der Waals surface area contributed by atoms with E-state index in [1.54, 1.807) is 0 Å². The van der Waals surface area contributed by atoms with E-state index in [-0.39, 0.29) is 0 Å². The molecule has 2 heterocycles. The predicted molar refractivity (Wildman–Crippen MR) is 80.1 cm³/mol. The van der Waals surface area contributed by atoms with Gasteiger partial charge in [0.05, 0.1) is 6.54 Å². The molecular weight excluding hydrogens is 234 g/mol. The van der Waals surface area contributed by atoms with Gasteiger partial charge in [-0.3, -0.25) is 4.90 Å². The number of rotatable bonds is 5. The van der Waals surface area contributed by atoms with Crippen LogP contribution < -0.4 is 4.90 Å². The standard InChI is InChI=1S/C16H23N3/c1-3-11-18(4-2)14-15-8-12-19(13-9-15)16-7-5-6-10-17-16/h1,5-7,10,15H,4,8-9,11-14H2,2H3. The van der Waals surface area contributed by atoms with Crippen LogP contribution in [0.1, 0.15) is 19.8 Å². The topological polar surface area (TPSA) is 19.4 Å². The van der Waals surface area contributed by atoms with E-state index < -0.39 is 0 Å². The molecule has 0 bridgehead atoms. The maximum absolute atomic E-state index is 5.40. The molecule has 0 atom stereocenters. The molecule has 0 saturated carbocycles. The summed E-state index contributed by atoms with van der Waals surface area (Å²) in [7, 11) is 0. The average Bonchev–Trinajstić information content (AvgIpc) is 2.48. The molecular formula is C16H23N3. The fourth-order valence-corrected chi connectivity index (χ4v) is 2.69. The van der Waals surface area contributed by atoms with Gasteiger partial charge in [0.2, 0.25) is 0 Å². The van der Waals surface area contributed by atoms with Crippen molar-refractivity contribution < 1.29 is 0 Å². The zero-order valence-corrected chi connectivity index (χ0v) is 11.8. The molecule has 0 amide bonds. The first kappa shape index (κ1) is 13.9. The Morgan fingerprint density at radius 2 is 2.21 bits per heavy atom. The van der Waals surface area contributed by atoms with Gasteiger partial charge < -0.3 is 4.90 Å². The first-order chi connectivity index (χ1) is 9.33. The van der Waals surface area contributed by atoms with Gasteiger partial charge in [0.1, 0.15) is 5.82 Å². The normalized spacial score (nSPS) is 16.6. The van der Waals surface area contributed by atoms with Crippen LogP contribution >= 0.6 is 0 Å². The fraction of sp³-hybridized carbons (Fsp3) is 0.562. The van der Waals surface area contributed by atoms with E-state index in [1.807, 2.05) is 12.3 Å². The van der Waals surface area contributed by atoms with Crippen molar-refractivity contribution in [2.45, 2.75) is 19.8 Å². The summed E-state index contributed by atoms with van der Waals surface area (Å²) < 4.78 is 0. The number of hydrogen-bond acceptors (Lipinski definition) is 3. The van der Waals surface area contributed by atoms with Crippen molar-refractivity contribution in [3.8, 4) is 12.3 Å². The maximum Gasteiger partial charge on any atom is 0.128 e. The summed E-state index contributed by atoms with van der Waals surface area (Å²) in [5.41, 5.74) is 0. The van der Waals surface area contributed by atoms with Gasteiger partial charge in [-0.1, -0.05) is 18.9 Å². The van der Waals surface area contributed by atoms with E-state index in [9.17, 15) is 0 Å². The van der Waals surface area contributed by atoms with Gasteiger partial charge >= 0.3 is 0 Å². The summed E-state index contributed by atoms with van der Waals surface area (Å²) in [6, 6.07) is 6.12. The molecule has 1 fully saturated rings. The summed E-state index contributed by atoms with van der Waals surface area (Å²) in [4.78, 5) is 9.17. The first-order valence-electron chi connectivity index (χ1n) is 7.15. The first-order valence-corrected chi connectivity index (χ1v) is 7.15. The number of hydrogen-bond donors (Lipinski definition) is 0. The Morgan fingerprint density at radius 3 is 2.79 bits per heavy atom. The third kappa shape index (κ3) is 3.97. The highest BCUT2D eigenvalue weighted by Crippen LogP contribution is 2.22. The minimum atomic E-state index is 0.772. The minimum absolute atomic E-state index is 0.772. The van der Waals surface area contributed by atoms with Crippen molar-refractivity contribution in [2.75, 3.05) is 37.6 Å². The quantitative estimate of drug-likeness (QED) is 0.754. The number of terminal acetylenes is 1. The van der Waals surface area contributed by atoms with Gasteiger partial charge in [-0.05, 0) is 37.4 Å². The second kappa shape index (κ2) is 7.16. The lowest BCUT2D eigenvalue weighted by Gasteiger charge is -2.34. The second-order valence-electron chi connectivity index (χ2n) is 5.15. The van der Waals surface area contributed by atoms with E-state index in [2.05, 4.69) is 39.8 Å². The van der Waals surface area contributed by atoms with E-state index in [0.29, 0.717) is 0 Å². The molecule has 1 saturated heterocycles. The van der Waals surface area contributed by atoms with Crippen LogP contribution in [0.4, 0.5) is 5.82 Å². The molecule has 102 valence electrons. The van der Waals surface area contributed by atoms with Crippen LogP contribution in [0.5, 0.6) is 0 Å². The van der Waals surface area contributed by atoms with Crippen molar-refractivity contribution in [3.63, 3.8) is 0 Å². The second-order valence-corrected chi connectivity index (χ2v) is 5.15. The van der Waals surface area contributed by atoms with Crippen LogP contribution in [0.3, 0.4) is 0 Å². The van der Waals surface area contributed by atoms with Gasteiger partial charge in [-0.2, -0.15) is 0 Å². The van der Waals surface area contributed by atoms with Crippen molar-refractivity contribution in [3.05, 3.63) is 24.4 Å². The van der Waals surface area contributed by atoms with E-state index in [1.165, 1.54) is 12.8 Å². The van der Waals surface area contributed by atoms with Crippen LogP contribution in [-0.4, -0.2) is 42.6 Å². The molecule has 3 nitrogen and oxygen atoms in total. The molecule has 0 N–H and O–H groups in total. The Balaban J connectivity index is 1.81. The molecule has 19 heavy (non-hydrogen) atoms. The van der Waals surface area contributed by atoms with Crippen molar-refractivity contribution in [2.24, 2.45) is 5.92 Å². The van der Waals surface area contributed by atoms with Crippen molar-refractivity contribution in [1.29, 1.82) is 0 Å².